The van der Waals surface area contributed by atoms with Crippen LogP contribution in [0.2, 0.25) is 0 Å². The Morgan fingerprint density at radius 1 is 1.57 bits per heavy atom. The first-order valence-corrected chi connectivity index (χ1v) is 5.25. The average molecular weight is 189 g/mol. The van der Waals surface area contributed by atoms with Gasteiger partial charge in [0.1, 0.15) is 0 Å². The summed E-state index contributed by atoms with van der Waals surface area (Å²) >= 11 is 0. The van der Waals surface area contributed by atoms with E-state index in [1.54, 1.807) is 0 Å². The van der Waals surface area contributed by atoms with Crippen LogP contribution in [0, 0.1) is 6.92 Å². The van der Waals surface area contributed by atoms with Crippen molar-refractivity contribution in [3.05, 3.63) is 24.0 Å². The molecule has 0 saturated carbocycles. The largest absolute Gasteiger partial charge is 0.365 e. The zero-order chi connectivity index (χ0) is 9.54. The Hall–Kier alpha value is -1.09. The van der Waals surface area contributed by atoms with Crippen molar-refractivity contribution in [1.82, 2.24) is 10.3 Å². The molecule has 0 aromatic carbocycles. The number of fused-ring (bicyclic) bond motifs is 2. The number of anilines is 1. The highest BCUT2D eigenvalue weighted by atomic mass is 15.3. The van der Waals surface area contributed by atoms with Gasteiger partial charge in [-0.2, -0.15) is 0 Å². The molecule has 1 aromatic heterocycles. The Kier molecular flexibility index (Phi) is 1.74. The quantitative estimate of drug-likeness (QED) is 0.712. The van der Waals surface area contributed by atoms with E-state index in [0.29, 0.717) is 12.1 Å². The monoisotopic (exact) mass is 189 g/mol. The fourth-order valence-electron chi connectivity index (χ4n) is 2.64. The topological polar surface area (TPSA) is 28.2 Å². The smallest absolute Gasteiger partial charge is 0.0430 e. The molecule has 0 unspecified atom stereocenters. The van der Waals surface area contributed by atoms with Crippen molar-refractivity contribution in [2.45, 2.75) is 25.4 Å². The average Bonchev–Trinajstić information content (AvgIpc) is 2.79. The van der Waals surface area contributed by atoms with Crippen LogP contribution >= 0.6 is 0 Å². The van der Waals surface area contributed by atoms with Gasteiger partial charge in [-0.05, 0) is 25.0 Å². The minimum atomic E-state index is 0.709. The van der Waals surface area contributed by atoms with Crippen molar-refractivity contribution < 1.29 is 0 Å². The van der Waals surface area contributed by atoms with Crippen molar-refractivity contribution in [1.29, 1.82) is 0 Å². The number of piperazine rings is 1. The Morgan fingerprint density at radius 2 is 2.50 bits per heavy atom. The lowest BCUT2D eigenvalue weighted by Crippen LogP contribution is -2.43. The van der Waals surface area contributed by atoms with Gasteiger partial charge in [0.25, 0.3) is 0 Å². The van der Waals surface area contributed by atoms with E-state index in [1.807, 2.05) is 12.4 Å². The summed E-state index contributed by atoms with van der Waals surface area (Å²) in [4.78, 5) is 6.66. The van der Waals surface area contributed by atoms with Crippen molar-refractivity contribution in [3.63, 3.8) is 0 Å². The summed E-state index contributed by atoms with van der Waals surface area (Å²) in [6.45, 7) is 4.45. The molecule has 0 spiro atoms. The number of hydrogen-bond donors (Lipinski definition) is 1. The lowest BCUT2D eigenvalue weighted by molar-refractivity contribution is 0.579. The molecule has 14 heavy (non-hydrogen) atoms. The predicted octanol–water partition coefficient (Wildman–Crippen LogP) is 0.941. The number of rotatable bonds is 1. The van der Waals surface area contributed by atoms with E-state index in [1.165, 1.54) is 17.7 Å². The maximum absolute atomic E-state index is 4.14. The molecule has 2 fully saturated rings. The molecule has 2 aliphatic rings. The molecule has 0 aliphatic carbocycles. The number of nitrogens with one attached hydrogen (secondary N) is 1. The summed E-state index contributed by atoms with van der Waals surface area (Å²) in [6, 6.07) is 3.56. The molecule has 3 rings (SSSR count). The van der Waals surface area contributed by atoms with E-state index in [9.17, 15) is 0 Å². The fraction of sp³-hybridized carbons (Fsp3) is 0.545. The van der Waals surface area contributed by atoms with Gasteiger partial charge in [-0.25, -0.2) is 0 Å². The second-order valence-corrected chi connectivity index (χ2v) is 4.31. The SMILES string of the molecule is Cc1cnccc1N1C[C@@H]2C[C@H]1CN2. The highest BCUT2D eigenvalue weighted by molar-refractivity contribution is 5.54. The van der Waals surface area contributed by atoms with Crippen LogP contribution in [-0.4, -0.2) is 30.2 Å². The van der Waals surface area contributed by atoms with Crippen LogP contribution in [-0.2, 0) is 0 Å². The highest BCUT2D eigenvalue weighted by Crippen LogP contribution is 2.30. The third kappa shape index (κ3) is 1.12. The molecule has 1 aromatic rings. The molecular weight excluding hydrogens is 174 g/mol. The zero-order valence-electron chi connectivity index (χ0n) is 8.40. The van der Waals surface area contributed by atoms with Crippen LogP contribution in [0.3, 0.4) is 0 Å². The van der Waals surface area contributed by atoms with Gasteiger partial charge in [0.2, 0.25) is 0 Å². The molecule has 2 saturated heterocycles. The number of aromatic nitrogens is 1. The third-order valence-corrected chi connectivity index (χ3v) is 3.36. The number of hydrogen-bond acceptors (Lipinski definition) is 3. The zero-order valence-corrected chi connectivity index (χ0v) is 8.40. The van der Waals surface area contributed by atoms with E-state index >= 15 is 0 Å². The fourth-order valence-corrected chi connectivity index (χ4v) is 2.64. The standard InChI is InChI=1S/C11H15N3/c1-8-5-12-3-2-11(8)14-7-9-4-10(14)6-13-9/h2-3,5,9-10,13H,4,6-7H2,1H3/t9-,10-/m0/s1. The highest BCUT2D eigenvalue weighted by Gasteiger charge is 2.37. The van der Waals surface area contributed by atoms with E-state index in [-0.39, 0.29) is 0 Å². The van der Waals surface area contributed by atoms with Crippen molar-refractivity contribution in [2.75, 3.05) is 18.0 Å². The van der Waals surface area contributed by atoms with Crippen molar-refractivity contribution >= 4 is 5.69 Å². The third-order valence-electron chi connectivity index (χ3n) is 3.36. The molecule has 0 amide bonds. The molecule has 3 heteroatoms. The minimum absolute atomic E-state index is 0.709. The maximum atomic E-state index is 4.14. The molecule has 74 valence electrons. The second-order valence-electron chi connectivity index (χ2n) is 4.31. The van der Waals surface area contributed by atoms with E-state index in [2.05, 4.69) is 28.2 Å². The first-order chi connectivity index (χ1) is 6.84. The Bertz CT molecular complexity index is 350. The summed E-state index contributed by atoms with van der Waals surface area (Å²) in [6.07, 6.45) is 5.15. The first kappa shape index (κ1) is 8.24. The first-order valence-electron chi connectivity index (χ1n) is 5.25. The number of pyridine rings is 1. The van der Waals surface area contributed by atoms with Gasteiger partial charge in [-0.15, -0.1) is 0 Å². The lowest BCUT2D eigenvalue weighted by atomic mass is 10.2. The molecule has 3 nitrogen and oxygen atoms in total. The summed E-state index contributed by atoms with van der Waals surface area (Å²) in [5.74, 6) is 0. The van der Waals surface area contributed by atoms with Crippen LogP contribution in [0.5, 0.6) is 0 Å². The summed E-state index contributed by atoms with van der Waals surface area (Å²) < 4.78 is 0. The van der Waals surface area contributed by atoms with Gasteiger partial charge in [-0.1, -0.05) is 0 Å². The summed E-state index contributed by atoms with van der Waals surface area (Å²) in [7, 11) is 0. The Balaban J connectivity index is 1.93. The van der Waals surface area contributed by atoms with Crippen LogP contribution in [0.25, 0.3) is 0 Å². The molecule has 2 bridgehead atoms. The molecule has 3 heterocycles. The number of nitrogens with zero attached hydrogens (tertiary/aromatic N) is 2. The van der Waals surface area contributed by atoms with E-state index in [0.717, 1.165) is 13.1 Å². The predicted molar refractivity (Wildman–Crippen MR) is 56.5 cm³/mol. The minimum Gasteiger partial charge on any atom is -0.365 e. The van der Waals surface area contributed by atoms with Crippen molar-refractivity contribution in [3.8, 4) is 0 Å². The normalized spacial score (nSPS) is 29.9. The summed E-state index contributed by atoms with van der Waals surface area (Å²) in [5.41, 5.74) is 2.66. The van der Waals surface area contributed by atoms with Crippen molar-refractivity contribution in [2.24, 2.45) is 0 Å². The van der Waals surface area contributed by atoms with Gasteiger partial charge in [-0.3, -0.25) is 4.98 Å². The molecule has 1 N–H and O–H groups in total. The van der Waals surface area contributed by atoms with Gasteiger partial charge < -0.3 is 10.2 Å². The molecule has 2 aliphatic heterocycles. The summed E-state index contributed by atoms with van der Waals surface area (Å²) in [5, 5.41) is 3.52. The van der Waals surface area contributed by atoms with Gasteiger partial charge in [0, 0.05) is 43.3 Å². The molecule has 0 radical (unpaired) electrons. The van der Waals surface area contributed by atoms with Gasteiger partial charge >= 0.3 is 0 Å². The van der Waals surface area contributed by atoms with Gasteiger partial charge in [0.15, 0.2) is 0 Å². The van der Waals surface area contributed by atoms with Crippen LogP contribution < -0.4 is 10.2 Å². The van der Waals surface area contributed by atoms with E-state index in [4.69, 9.17) is 0 Å². The van der Waals surface area contributed by atoms with Gasteiger partial charge in [0.05, 0.1) is 0 Å². The molecule has 2 atom stereocenters. The second kappa shape index (κ2) is 2.95. The van der Waals surface area contributed by atoms with E-state index < -0.39 is 0 Å². The lowest BCUT2D eigenvalue weighted by Gasteiger charge is -2.30. The number of aryl methyl sites for hydroxylation is 1. The van der Waals surface area contributed by atoms with Crippen LogP contribution in [0.1, 0.15) is 12.0 Å². The Morgan fingerprint density at radius 3 is 3.14 bits per heavy atom. The maximum Gasteiger partial charge on any atom is 0.0430 e. The Labute approximate surface area is 84.1 Å². The molecular formula is C11H15N3. The van der Waals surface area contributed by atoms with Crippen LogP contribution in [0.15, 0.2) is 18.5 Å². The van der Waals surface area contributed by atoms with Crippen LogP contribution in [0.4, 0.5) is 5.69 Å².